The zero-order valence-corrected chi connectivity index (χ0v) is 17.0. The lowest BCUT2D eigenvalue weighted by Gasteiger charge is -2.42. The molecule has 148 valence electrons. The summed E-state index contributed by atoms with van der Waals surface area (Å²) in [5, 5.41) is 0.598. The normalized spacial score (nSPS) is 16.1. The van der Waals surface area contributed by atoms with Crippen molar-refractivity contribution in [2.24, 2.45) is 0 Å². The Bertz CT molecular complexity index is 841. The van der Waals surface area contributed by atoms with E-state index in [1.807, 2.05) is 42.5 Å². The van der Waals surface area contributed by atoms with Crippen LogP contribution < -0.4 is 4.90 Å². The molecule has 2 aromatic carbocycles. The zero-order chi connectivity index (χ0) is 20.1. The molecule has 1 aliphatic heterocycles. The molecule has 1 heterocycles. The highest BCUT2D eigenvalue weighted by Crippen LogP contribution is 2.41. The first-order valence-electron chi connectivity index (χ1n) is 9.65. The van der Waals surface area contributed by atoms with E-state index in [2.05, 4.69) is 6.92 Å². The van der Waals surface area contributed by atoms with Gasteiger partial charge in [-0.05, 0) is 37.1 Å². The molecule has 0 fully saturated rings. The van der Waals surface area contributed by atoms with Gasteiger partial charge in [-0.2, -0.15) is 0 Å². The summed E-state index contributed by atoms with van der Waals surface area (Å²) >= 11 is 6.31. The number of fused-ring (bicyclic) bond motifs is 1. The molecule has 28 heavy (non-hydrogen) atoms. The van der Waals surface area contributed by atoms with E-state index in [1.54, 1.807) is 22.8 Å². The summed E-state index contributed by atoms with van der Waals surface area (Å²) in [6.45, 7) is 4.60. The molecule has 1 atom stereocenters. The van der Waals surface area contributed by atoms with Crippen molar-refractivity contribution in [3.8, 4) is 0 Å². The van der Waals surface area contributed by atoms with Gasteiger partial charge in [0.05, 0.1) is 18.3 Å². The maximum absolute atomic E-state index is 13.4. The van der Waals surface area contributed by atoms with Crippen molar-refractivity contribution in [3.05, 3.63) is 64.7 Å². The number of urea groups is 1. The molecule has 2 aromatic rings. The van der Waals surface area contributed by atoms with E-state index in [1.165, 1.54) is 0 Å². The van der Waals surface area contributed by atoms with E-state index in [9.17, 15) is 9.59 Å². The van der Waals surface area contributed by atoms with Crippen LogP contribution in [0.4, 0.5) is 10.5 Å². The first-order chi connectivity index (χ1) is 13.6. The molecule has 0 aromatic heterocycles. The minimum absolute atomic E-state index is 0.110. The standard InChI is InChI=1S/C22H25ClN2O3/c1-3-5-13-24-19-12-11-17(23)14-18(19)21(16-9-7-6-8-10-16)25(22(24)27)15-20(26)28-4-2/h6-12,14,21H,3-5,13,15H2,1-2H3. The fourth-order valence-electron chi connectivity index (χ4n) is 3.56. The number of benzene rings is 2. The molecule has 1 unspecified atom stereocenters. The van der Waals surface area contributed by atoms with Crippen LogP contribution in [0.25, 0.3) is 0 Å². The highest BCUT2D eigenvalue weighted by molar-refractivity contribution is 6.30. The van der Waals surface area contributed by atoms with Crippen molar-refractivity contribution < 1.29 is 14.3 Å². The number of nitrogens with zero attached hydrogens (tertiary/aromatic N) is 2. The number of amides is 2. The molecular formula is C22H25ClN2O3. The molecule has 2 amide bonds. The minimum atomic E-state index is -0.419. The third kappa shape index (κ3) is 4.14. The van der Waals surface area contributed by atoms with Crippen molar-refractivity contribution in [2.45, 2.75) is 32.7 Å². The molecule has 0 radical (unpaired) electrons. The highest BCUT2D eigenvalue weighted by atomic mass is 35.5. The topological polar surface area (TPSA) is 49.9 Å². The van der Waals surface area contributed by atoms with Gasteiger partial charge in [-0.15, -0.1) is 0 Å². The maximum Gasteiger partial charge on any atom is 0.325 e. The third-order valence-corrected chi connectivity index (χ3v) is 5.05. The number of ether oxygens (including phenoxy) is 1. The lowest BCUT2D eigenvalue weighted by Crippen LogP contribution is -2.52. The Kier molecular flexibility index (Phi) is 6.57. The van der Waals surface area contributed by atoms with E-state index in [4.69, 9.17) is 16.3 Å². The van der Waals surface area contributed by atoms with E-state index < -0.39 is 12.0 Å². The zero-order valence-electron chi connectivity index (χ0n) is 16.2. The number of unbranched alkanes of at least 4 members (excludes halogenated alkanes) is 1. The first-order valence-corrected chi connectivity index (χ1v) is 10.0. The van der Waals surface area contributed by atoms with Crippen molar-refractivity contribution in [3.63, 3.8) is 0 Å². The second-order valence-corrected chi connectivity index (χ2v) is 7.17. The van der Waals surface area contributed by atoms with Gasteiger partial charge in [-0.25, -0.2) is 4.79 Å². The summed E-state index contributed by atoms with van der Waals surface area (Å²) in [5.74, 6) is -0.419. The molecule has 3 rings (SSSR count). The predicted molar refractivity (Wildman–Crippen MR) is 111 cm³/mol. The molecule has 0 aliphatic carbocycles. The third-order valence-electron chi connectivity index (χ3n) is 4.82. The Morgan fingerprint density at radius 3 is 2.57 bits per heavy atom. The molecule has 5 nitrogen and oxygen atoms in total. The number of hydrogen-bond donors (Lipinski definition) is 0. The second kappa shape index (κ2) is 9.11. The average molecular weight is 401 g/mol. The number of carbonyl (C=O) groups excluding carboxylic acids is 2. The van der Waals surface area contributed by atoms with Gasteiger partial charge in [-0.1, -0.05) is 55.3 Å². The van der Waals surface area contributed by atoms with Crippen LogP contribution in [-0.4, -0.2) is 36.6 Å². The minimum Gasteiger partial charge on any atom is -0.465 e. The number of hydrogen-bond acceptors (Lipinski definition) is 3. The van der Waals surface area contributed by atoms with Crippen LogP contribution in [0.15, 0.2) is 48.5 Å². The fourth-order valence-corrected chi connectivity index (χ4v) is 3.74. The quantitative estimate of drug-likeness (QED) is 0.612. The van der Waals surface area contributed by atoms with Gasteiger partial charge >= 0.3 is 12.0 Å². The van der Waals surface area contributed by atoms with Gasteiger partial charge in [-0.3, -0.25) is 9.69 Å². The molecule has 6 heteroatoms. The van der Waals surface area contributed by atoms with Crippen LogP contribution in [0.5, 0.6) is 0 Å². The average Bonchev–Trinajstić information content (AvgIpc) is 2.69. The smallest absolute Gasteiger partial charge is 0.325 e. The molecular weight excluding hydrogens is 376 g/mol. The number of rotatable bonds is 7. The van der Waals surface area contributed by atoms with Crippen molar-refractivity contribution in [1.29, 1.82) is 0 Å². The van der Waals surface area contributed by atoms with Gasteiger partial charge in [0, 0.05) is 17.1 Å². The molecule has 0 bridgehead atoms. The summed E-state index contributed by atoms with van der Waals surface area (Å²) in [6, 6.07) is 14.7. The van der Waals surface area contributed by atoms with E-state index >= 15 is 0 Å². The Balaban J connectivity index is 2.12. The van der Waals surface area contributed by atoms with Crippen LogP contribution in [0.2, 0.25) is 5.02 Å². The Labute approximate surface area is 170 Å². The van der Waals surface area contributed by atoms with E-state index in [-0.39, 0.29) is 19.2 Å². The predicted octanol–water partition coefficient (Wildman–Crippen LogP) is 5.03. The van der Waals surface area contributed by atoms with Gasteiger partial charge in [0.15, 0.2) is 0 Å². The number of anilines is 1. The molecule has 0 spiro atoms. The molecule has 0 saturated heterocycles. The van der Waals surface area contributed by atoms with Crippen molar-refractivity contribution >= 4 is 29.3 Å². The first kappa shape index (κ1) is 20.2. The van der Waals surface area contributed by atoms with Gasteiger partial charge < -0.3 is 9.64 Å². The number of carbonyl (C=O) groups is 2. The number of esters is 1. The lowest BCUT2D eigenvalue weighted by atomic mass is 9.93. The van der Waals surface area contributed by atoms with Gasteiger partial charge in [0.1, 0.15) is 6.54 Å². The maximum atomic E-state index is 13.4. The largest absolute Gasteiger partial charge is 0.465 e. The summed E-state index contributed by atoms with van der Waals surface area (Å²) in [7, 11) is 0. The molecule has 0 saturated carbocycles. The Morgan fingerprint density at radius 1 is 1.14 bits per heavy atom. The van der Waals surface area contributed by atoms with Gasteiger partial charge in [0.25, 0.3) is 0 Å². The summed E-state index contributed by atoms with van der Waals surface area (Å²) in [5.41, 5.74) is 2.69. The van der Waals surface area contributed by atoms with Crippen LogP contribution in [0.3, 0.4) is 0 Å². The fraction of sp³-hybridized carbons (Fsp3) is 0.364. The van der Waals surface area contributed by atoms with Crippen LogP contribution in [0.1, 0.15) is 43.9 Å². The van der Waals surface area contributed by atoms with Gasteiger partial charge in [0.2, 0.25) is 0 Å². The van der Waals surface area contributed by atoms with E-state index in [0.29, 0.717) is 11.6 Å². The summed E-state index contributed by atoms with van der Waals surface area (Å²) in [6.07, 6.45) is 1.84. The SMILES string of the molecule is CCCCN1C(=O)N(CC(=O)OCC)C(c2ccccc2)c2cc(Cl)ccc21. The van der Waals surface area contributed by atoms with E-state index in [0.717, 1.165) is 29.7 Å². The lowest BCUT2D eigenvalue weighted by molar-refractivity contribution is -0.144. The second-order valence-electron chi connectivity index (χ2n) is 6.74. The van der Waals surface area contributed by atoms with Crippen molar-refractivity contribution in [1.82, 2.24) is 4.90 Å². The Hall–Kier alpha value is -2.53. The van der Waals surface area contributed by atoms with Crippen LogP contribution in [-0.2, 0) is 9.53 Å². The highest BCUT2D eigenvalue weighted by Gasteiger charge is 2.39. The summed E-state index contributed by atoms with van der Waals surface area (Å²) < 4.78 is 5.13. The monoisotopic (exact) mass is 400 g/mol. The van der Waals surface area contributed by atoms with Crippen molar-refractivity contribution in [2.75, 3.05) is 24.6 Å². The molecule has 0 N–H and O–H groups in total. The molecule has 1 aliphatic rings. The number of halogens is 1. The Morgan fingerprint density at radius 2 is 1.89 bits per heavy atom. The summed E-state index contributed by atoms with van der Waals surface area (Å²) in [4.78, 5) is 29.0. The van der Waals surface area contributed by atoms with Crippen LogP contribution in [0, 0.1) is 0 Å². The van der Waals surface area contributed by atoms with Crippen LogP contribution >= 0.6 is 11.6 Å².